The maximum absolute atomic E-state index is 10.7. The molecular formula is C12H20N2O2S. The zero-order valence-corrected chi connectivity index (χ0v) is 11.2. The zero-order chi connectivity index (χ0) is 12.7. The van der Waals surface area contributed by atoms with Crippen LogP contribution in [0.1, 0.15) is 56.4 Å². The summed E-state index contributed by atoms with van der Waals surface area (Å²) in [5, 5.41) is 14.4. The lowest BCUT2D eigenvalue weighted by molar-refractivity contribution is 0.0691. The molecule has 0 aliphatic rings. The van der Waals surface area contributed by atoms with Crippen LogP contribution in [0.4, 0.5) is 5.13 Å². The third kappa shape index (κ3) is 4.73. The van der Waals surface area contributed by atoms with Crippen molar-refractivity contribution in [3.63, 3.8) is 0 Å². The Morgan fingerprint density at radius 2 is 2.24 bits per heavy atom. The largest absolute Gasteiger partial charge is 0.476 e. The standard InChI is InChI=1S/C12H20N2O2S/c1-3-5-7-9(6-4-2)13-12-14-10(8-17-12)11(15)16/h8-9H,3-7H2,1-2H3,(H,13,14)(H,15,16). The Hall–Kier alpha value is -1.10. The van der Waals surface area contributed by atoms with E-state index >= 15 is 0 Å². The molecule has 1 atom stereocenters. The SMILES string of the molecule is CCCCC(CCC)Nc1nc(C(=O)O)cs1. The number of anilines is 1. The van der Waals surface area contributed by atoms with Crippen molar-refractivity contribution in [3.05, 3.63) is 11.1 Å². The number of hydrogen-bond acceptors (Lipinski definition) is 4. The van der Waals surface area contributed by atoms with Crippen molar-refractivity contribution in [2.45, 2.75) is 52.0 Å². The van der Waals surface area contributed by atoms with E-state index in [2.05, 4.69) is 24.1 Å². The maximum atomic E-state index is 10.7. The van der Waals surface area contributed by atoms with Crippen LogP contribution in [0.5, 0.6) is 0 Å². The van der Waals surface area contributed by atoms with Crippen molar-refractivity contribution in [1.29, 1.82) is 0 Å². The molecule has 1 heterocycles. The van der Waals surface area contributed by atoms with Gasteiger partial charge >= 0.3 is 5.97 Å². The number of aromatic nitrogens is 1. The van der Waals surface area contributed by atoms with E-state index in [1.54, 1.807) is 5.38 Å². The Labute approximate surface area is 106 Å². The third-order valence-corrected chi connectivity index (χ3v) is 3.37. The lowest BCUT2D eigenvalue weighted by Crippen LogP contribution is -2.19. The molecule has 5 heteroatoms. The Kier molecular flexibility index (Phi) is 5.97. The van der Waals surface area contributed by atoms with Crippen LogP contribution < -0.4 is 5.32 Å². The van der Waals surface area contributed by atoms with Crippen molar-refractivity contribution in [3.8, 4) is 0 Å². The number of nitrogens with one attached hydrogen (secondary N) is 1. The van der Waals surface area contributed by atoms with Crippen molar-refractivity contribution in [2.24, 2.45) is 0 Å². The monoisotopic (exact) mass is 256 g/mol. The van der Waals surface area contributed by atoms with Gasteiger partial charge in [-0.2, -0.15) is 0 Å². The Morgan fingerprint density at radius 1 is 1.47 bits per heavy atom. The van der Waals surface area contributed by atoms with Gasteiger partial charge in [0, 0.05) is 11.4 Å². The van der Waals surface area contributed by atoms with E-state index in [9.17, 15) is 4.79 Å². The summed E-state index contributed by atoms with van der Waals surface area (Å²) in [6.07, 6.45) is 5.71. The fourth-order valence-electron chi connectivity index (χ4n) is 1.70. The minimum Gasteiger partial charge on any atom is -0.476 e. The molecule has 4 nitrogen and oxygen atoms in total. The first-order chi connectivity index (χ1) is 8.17. The van der Waals surface area contributed by atoms with Gasteiger partial charge in [0.05, 0.1) is 0 Å². The number of nitrogens with zero attached hydrogens (tertiary/aromatic N) is 1. The van der Waals surface area contributed by atoms with Crippen LogP contribution in [0.25, 0.3) is 0 Å². The molecule has 1 rings (SSSR count). The summed E-state index contributed by atoms with van der Waals surface area (Å²) in [4.78, 5) is 14.8. The van der Waals surface area contributed by atoms with Gasteiger partial charge in [-0.15, -0.1) is 11.3 Å². The van der Waals surface area contributed by atoms with E-state index < -0.39 is 5.97 Å². The molecule has 0 radical (unpaired) electrons. The molecule has 1 aromatic heterocycles. The van der Waals surface area contributed by atoms with E-state index in [1.165, 1.54) is 24.2 Å². The first-order valence-corrected chi connectivity index (χ1v) is 7.00. The van der Waals surface area contributed by atoms with Gasteiger partial charge in [-0.25, -0.2) is 9.78 Å². The van der Waals surface area contributed by atoms with Crippen molar-refractivity contribution < 1.29 is 9.90 Å². The van der Waals surface area contributed by atoms with Crippen molar-refractivity contribution in [1.82, 2.24) is 4.98 Å². The molecule has 0 amide bonds. The van der Waals surface area contributed by atoms with Crippen molar-refractivity contribution >= 4 is 22.4 Å². The number of carbonyl (C=O) groups is 1. The summed E-state index contributed by atoms with van der Waals surface area (Å²) >= 11 is 1.36. The molecule has 0 bridgehead atoms. The molecule has 1 unspecified atom stereocenters. The molecule has 0 aliphatic carbocycles. The summed E-state index contributed by atoms with van der Waals surface area (Å²) in [7, 11) is 0. The molecule has 17 heavy (non-hydrogen) atoms. The van der Waals surface area contributed by atoms with E-state index in [4.69, 9.17) is 5.11 Å². The van der Waals surface area contributed by atoms with E-state index in [0.717, 1.165) is 24.4 Å². The Bertz CT molecular complexity index is 352. The Balaban J connectivity index is 2.55. The molecule has 0 fully saturated rings. The first-order valence-electron chi connectivity index (χ1n) is 6.12. The number of carboxylic acids is 1. The number of rotatable bonds is 8. The summed E-state index contributed by atoms with van der Waals surface area (Å²) in [6, 6.07) is 0.410. The van der Waals surface area contributed by atoms with E-state index in [1.807, 2.05) is 0 Å². The van der Waals surface area contributed by atoms with Crippen LogP contribution in [-0.4, -0.2) is 22.1 Å². The van der Waals surface area contributed by atoms with Crippen LogP contribution >= 0.6 is 11.3 Å². The maximum Gasteiger partial charge on any atom is 0.355 e. The van der Waals surface area contributed by atoms with E-state index in [-0.39, 0.29) is 5.69 Å². The predicted octanol–water partition coefficient (Wildman–Crippen LogP) is 3.61. The molecule has 0 aliphatic heterocycles. The molecule has 0 aromatic carbocycles. The number of carboxylic acid groups (broad SMARTS) is 1. The first kappa shape index (κ1) is 14.0. The highest BCUT2D eigenvalue weighted by Crippen LogP contribution is 2.19. The van der Waals surface area contributed by atoms with Crippen LogP contribution in [0.2, 0.25) is 0 Å². The van der Waals surface area contributed by atoms with Gasteiger partial charge in [0.2, 0.25) is 0 Å². The molecule has 96 valence electrons. The van der Waals surface area contributed by atoms with Crippen LogP contribution in [0.3, 0.4) is 0 Å². The normalized spacial score (nSPS) is 12.4. The molecule has 2 N–H and O–H groups in total. The summed E-state index contributed by atoms with van der Waals surface area (Å²) < 4.78 is 0. The average Bonchev–Trinajstić information content (AvgIpc) is 2.75. The zero-order valence-electron chi connectivity index (χ0n) is 10.4. The van der Waals surface area contributed by atoms with Gasteiger partial charge in [-0.1, -0.05) is 33.1 Å². The van der Waals surface area contributed by atoms with Gasteiger partial charge < -0.3 is 10.4 Å². The minimum atomic E-state index is -0.963. The highest BCUT2D eigenvalue weighted by atomic mass is 32.1. The minimum absolute atomic E-state index is 0.128. The third-order valence-electron chi connectivity index (χ3n) is 2.59. The molecule has 0 saturated carbocycles. The number of hydrogen-bond donors (Lipinski definition) is 2. The average molecular weight is 256 g/mol. The van der Waals surface area contributed by atoms with E-state index in [0.29, 0.717) is 6.04 Å². The van der Waals surface area contributed by atoms with Crippen molar-refractivity contribution in [2.75, 3.05) is 5.32 Å². The number of thiazole rings is 1. The second kappa shape index (κ2) is 7.27. The number of unbranched alkanes of at least 4 members (excludes halogenated alkanes) is 1. The smallest absolute Gasteiger partial charge is 0.355 e. The molecular weight excluding hydrogens is 236 g/mol. The van der Waals surface area contributed by atoms with Gasteiger partial charge in [0.1, 0.15) is 0 Å². The topological polar surface area (TPSA) is 62.2 Å². The summed E-state index contributed by atoms with van der Waals surface area (Å²) in [5.41, 5.74) is 0.128. The van der Waals surface area contributed by atoms with Crippen LogP contribution in [0.15, 0.2) is 5.38 Å². The lowest BCUT2D eigenvalue weighted by Gasteiger charge is -2.16. The molecule has 0 spiro atoms. The van der Waals surface area contributed by atoms with Gasteiger partial charge in [-0.05, 0) is 12.8 Å². The van der Waals surface area contributed by atoms with Crippen LogP contribution in [0, 0.1) is 0 Å². The quantitative estimate of drug-likeness (QED) is 0.745. The fraction of sp³-hybridized carbons (Fsp3) is 0.667. The predicted molar refractivity (Wildman–Crippen MR) is 70.9 cm³/mol. The second-order valence-corrected chi connectivity index (χ2v) is 4.97. The highest BCUT2D eigenvalue weighted by molar-refractivity contribution is 7.13. The Morgan fingerprint density at radius 3 is 2.76 bits per heavy atom. The fourth-order valence-corrected chi connectivity index (χ4v) is 2.46. The van der Waals surface area contributed by atoms with Gasteiger partial charge in [0.15, 0.2) is 10.8 Å². The second-order valence-electron chi connectivity index (χ2n) is 4.12. The molecule has 1 aromatic rings. The van der Waals surface area contributed by atoms with Gasteiger partial charge in [0.25, 0.3) is 0 Å². The van der Waals surface area contributed by atoms with Gasteiger partial charge in [-0.3, -0.25) is 0 Å². The lowest BCUT2D eigenvalue weighted by atomic mass is 10.1. The highest BCUT2D eigenvalue weighted by Gasteiger charge is 2.12. The summed E-state index contributed by atoms with van der Waals surface area (Å²) in [5.74, 6) is -0.963. The summed E-state index contributed by atoms with van der Waals surface area (Å²) in [6.45, 7) is 4.33. The number of aromatic carboxylic acids is 1. The molecule has 0 saturated heterocycles. The van der Waals surface area contributed by atoms with Crippen LogP contribution in [-0.2, 0) is 0 Å².